The molecule has 0 radical (unpaired) electrons. The molecule has 5 rings (SSSR count). The molecule has 0 aliphatic heterocycles. The van der Waals surface area contributed by atoms with Gasteiger partial charge in [-0.15, -0.1) is 0 Å². The predicted octanol–water partition coefficient (Wildman–Crippen LogP) is 4.73. The van der Waals surface area contributed by atoms with E-state index in [0.717, 1.165) is 5.56 Å². The van der Waals surface area contributed by atoms with E-state index >= 15 is 0 Å². The number of para-hydroxylation sites is 1. The Morgan fingerprint density at radius 3 is 2.27 bits per heavy atom. The van der Waals surface area contributed by atoms with Crippen molar-refractivity contribution in [2.75, 3.05) is 21.2 Å². The molecule has 0 saturated heterocycles. The number of nitrogens with two attached hydrogens (primary N) is 1. The molecule has 0 fully saturated rings. The highest BCUT2D eigenvalue weighted by Gasteiger charge is 2.25. The molecular weight excluding hydrogens is 540 g/mol. The summed E-state index contributed by atoms with van der Waals surface area (Å²) in [7, 11) is 0.727. The Labute approximate surface area is 237 Å². The Morgan fingerprint density at radius 2 is 1.61 bits per heavy atom. The van der Waals surface area contributed by atoms with Gasteiger partial charge in [-0.1, -0.05) is 42.0 Å². The van der Waals surface area contributed by atoms with E-state index in [1.54, 1.807) is 76.1 Å². The number of carbonyl (C=O) groups excluding carboxylic acids is 2. The normalized spacial score (nSPS) is 11.4. The maximum Gasteiger partial charge on any atom is 0.269 e. The average molecular weight is 569 g/mol. The van der Waals surface area contributed by atoms with Crippen LogP contribution in [-0.4, -0.2) is 55.3 Å². The summed E-state index contributed by atoms with van der Waals surface area (Å²) in [6.07, 6.45) is 3.09. The molecule has 9 nitrogen and oxygen atoms in total. The third-order valence-electron chi connectivity index (χ3n) is 6.84. The van der Waals surface area contributed by atoms with Crippen LogP contribution in [0.2, 0.25) is 0 Å². The van der Waals surface area contributed by atoms with E-state index in [-0.39, 0.29) is 27.6 Å². The fraction of sp³-hybridized carbons (Fsp3) is 0.129. The van der Waals surface area contributed by atoms with Crippen LogP contribution in [-0.2, 0) is 10.0 Å². The molecule has 41 heavy (non-hydrogen) atoms. The molecule has 5 aromatic rings. The predicted molar refractivity (Wildman–Crippen MR) is 157 cm³/mol. The van der Waals surface area contributed by atoms with Gasteiger partial charge in [0, 0.05) is 48.6 Å². The van der Waals surface area contributed by atoms with Crippen LogP contribution in [0.25, 0.3) is 33.3 Å². The Hall–Kier alpha value is -4.96. The Kier molecular flexibility index (Phi) is 7.10. The number of rotatable bonds is 7. The van der Waals surface area contributed by atoms with Crippen LogP contribution >= 0.6 is 0 Å². The molecule has 3 aromatic carbocycles. The minimum atomic E-state index is -4.00. The lowest BCUT2D eigenvalue weighted by atomic mass is 9.97. The first kappa shape index (κ1) is 27.6. The zero-order valence-electron chi connectivity index (χ0n) is 23.0. The van der Waals surface area contributed by atoms with Crippen LogP contribution in [0.5, 0.6) is 5.75 Å². The number of pyridine rings is 1. The molecule has 2 aromatic heterocycles. The quantitative estimate of drug-likeness (QED) is 0.303. The van der Waals surface area contributed by atoms with Crippen molar-refractivity contribution in [2.45, 2.75) is 11.8 Å². The first-order valence-corrected chi connectivity index (χ1v) is 14.1. The van der Waals surface area contributed by atoms with E-state index in [9.17, 15) is 18.0 Å². The monoisotopic (exact) mass is 568 g/mol. The molecule has 208 valence electrons. The molecule has 0 spiro atoms. The van der Waals surface area contributed by atoms with Crippen LogP contribution in [0.15, 0.2) is 90.1 Å². The van der Waals surface area contributed by atoms with Gasteiger partial charge in [-0.05, 0) is 48.9 Å². The number of nitrogens with zero attached hydrogens (tertiary/aromatic N) is 3. The van der Waals surface area contributed by atoms with E-state index in [1.807, 2.05) is 31.2 Å². The van der Waals surface area contributed by atoms with Crippen molar-refractivity contribution in [1.82, 2.24) is 13.9 Å². The third kappa shape index (κ3) is 4.93. The van der Waals surface area contributed by atoms with Crippen molar-refractivity contribution in [1.29, 1.82) is 0 Å². The summed E-state index contributed by atoms with van der Waals surface area (Å²) < 4.78 is 34.4. The van der Waals surface area contributed by atoms with Crippen molar-refractivity contribution in [2.24, 2.45) is 5.73 Å². The van der Waals surface area contributed by atoms with Crippen LogP contribution in [0.3, 0.4) is 0 Å². The summed E-state index contributed by atoms with van der Waals surface area (Å²) in [5, 5.41) is 0.558. The van der Waals surface area contributed by atoms with E-state index in [4.69, 9.17) is 10.5 Å². The van der Waals surface area contributed by atoms with Crippen LogP contribution < -0.4 is 10.5 Å². The second kappa shape index (κ2) is 10.5. The first-order valence-electron chi connectivity index (χ1n) is 12.7. The van der Waals surface area contributed by atoms with E-state index in [1.165, 1.54) is 14.9 Å². The molecular formula is C31H28N4O5S. The number of aromatic nitrogens is 2. The minimum absolute atomic E-state index is 0.103. The van der Waals surface area contributed by atoms with Gasteiger partial charge in [0.1, 0.15) is 5.75 Å². The molecule has 0 aliphatic carbocycles. The fourth-order valence-electron chi connectivity index (χ4n) is 4.68. The van der Waals surface area contributed by atoms with Gasteiger partial charge in [0.15, 0.2) is 5.65 Å². The standard InChI is InChI=1S/C31H28N4O5S/c1-19-9-12-22(13-10-19)41(38,39)35-18-27(23-7-5-6-8-28(23)40-4)25-16-21(17-33-30(25)35)20-11-14-24(29(32)36)26(15-20)31(37)34(2)3/h5-18H,1-4H3,(H2,32,36). The van der Waals surface area contributed by atoms with E-state index in [2.05, 4.69) is 4.98 Å². The number of benzene rings is 3. The summed E-state index contributed by atoms with van der Waals surface area (Å²) >= 11 is 0. The number of hydrogen-bond acceptors (Lipinski definition) is 6. The molecule has 2 heterocycles. The zero-order chi connectivity index (χ0) is 29.5. The van der Waals surface area contributed by atoms with Gasteiger partial charge >= 0.3 is 0 Å². The Morgan fingerprint density at radius 1 is 0.902 bits per heavy atom. The van der Waals surface area contributed by atoms with Gasteiger partial charge in [-0.2, -0.15) is 0 Å². The summed E-state index contributed by atoms with van der Waals surface area (Å²) in [6.45, 7) is 1.89. The molecule has 10 heteroatoms. The number of carbonyl (C=O) groups is 2. The highest BCUT2D eigenvalue weighted by atomic mass is 32.2. The number of methoxy groups -OCH3 is 1. The number of primary amides is 1. The molecule has 0 bridgehead atoms. The number of hydrogen-bond donors (Lipinski definition) is 1. The molecule has 0 saturated carbocycles. The molecule has 2 amide bonds. The lowest BCUT2D eigenvalue weighted by Crippen LogP contribution is -2.25. The van der Waals surface area contributed by atoms with E-state index < -0.39 is 15.9 Å². The van der Waals surface area contributed by atoms with Crippen molar-refractivity contribution >= 4 is 32.9 Å². The highest BCUT2D eigenvalue weighted by Crippen LogP contribution is 2.38. The second-order valence-electron chi connectivity index (χ2n) is 9.78. The first-order chi connectivity index (χ1) is 19.5. The Bertz CT molecular complexity index is 1930. The smallest absolute Gasteiger partial charge is 0.269 e. The maximum atomic E-state index is 13.8. The highest BCUT2D eigenvalue weighted by molar-refractivity contribution is 7.90. The zero-order valence-corrected chi connectivity index (χ0v) is 23.8. The van der Waals surface area contributed by atoms with Crippen LogP contribution in [0.4, 0.5) is 0 Å². The SMILES string of the molecule is COc1ccccc1-c1cn(S(=O)(=O)c2ccc(C)cc2)c2ncc(-c3ccc(C(N)=O)c(C(=O)N(C)C)c3)cc12. The van der Waals surface area contributed by atoms with Crippen molar-refractivity contribution in [3.63, 3.8) is 0 Å². The fourth-order valence-corrected chi connectivity index (χ4v) is 6.01. The van der Waals surface area contributed by atoms with Gasteiger partial charge in [0.05, 0.1) is 23.1 Å². The summed E-state index contributed by atoms with van der Waals surface area (Å²) in [5.74, 6) is -0.527. The van der Waals surface area contributed by atoms with E-state index in [0.29, 0.717) is 33.4 Å². The summed E-state index contributed by atoms with van der Waals surface area (Å²) in [5.41, 5.74) is 9.46. The molecule has 0 atom stereocenters. The number of aryl methyl sites for hydroxylation is 1. The molecule has 0 aliphatic rings. The van der Waals surface area contributed by atoms with Crippen LogP contribution in [0.1, 0.15) is 26.3 Å². The third-order valence-corrected chi connectivity index (χ3v) is 8.51. The largest absolute Gasteiger partial charge is 0.496 e. The van der Waals surface area contributed by atoms with Crippen LogP contribution in [0, 0.1) is 6.92 Å². The number of ether oxygens (including phenoxy) is 1. The lowest BCUT2D eigenvalue weighted by molar-refractivity contribution is 0.0821. The molecule has 0 unspecified atom stereocenters. The van der Waals surface area contributed by atoms with Crippen molar-refractivity contribution in [3.8, 4) is 28.0 Å². The maximum absolute atomic E-state index is 13.8. The number of fused-ring (bicyclic) bond motifs is 1. The van der Waals surface area contributed by atoms with Gasteiger partial charge in [-0.25, -0.2) is 17.4 Å². The minimum Gasteiger partial charge on any atom is -0.496 e. The van der Waals surface area contributed by atoms with Gasteiger partial charge in [-0.3, -0.25) is 9.59 Å². The summed E-state index contributed by atoms with van der Waals surface area (Å²) in [4.78, 5) is 31.0. The Balaban J connectivity index is 1.77. The second-order valence-corrected chi connectivity index (χ2v) is 11.6. The van der Waals surface area contributed by atoms with Crippen molar-refractivity contribution in [3.05, 3.63) is 102 Å². The van der Waals surface area contributed by atoms with Gasteiger partial charge < -0.3 is 15.4 Å². The lowest BCUT2D eigenvalue weighted by Gasteiger charge is -2.14. The van der Waals surface area contributed by atoms with Crippen molar-refractivity contribution < 1.29 is 22.7 Å². The van der Waals surface area contributed by atoms with Gasteiger partial charge in [0.2, 0.25) is 5.91 Å². The number of amides is 2. The van der Waals surface area contributed by atoms with Gasteiger partial charge in [0.25, 0.3) is 15.9 Å². The topological polar surface area (TPSA) is 125 Å². The summed E-state index contributed by atoms with van der Waals surface area (Å²) in [6, 6.07) is 20.5. The average Bonchev–Trinajstić information content (AvgIpc) is 3.36. The molecule has 2 N–H and O–H groups in total.